The number of hydrogen-bond donors (Lipinski definition) is 1. The van der Waals surface area contributed by atoms with Gasteiger partial charge in [-0.15, -0.1) is 0 Å². The van der Waals surface area contributed by atoms with Crippen LogP contribution in [0.15, 0.2) is 23.7 Å². The predicted octanol–water partition coefficient (Wildman–Crippen LogP) is 3.35. The quantitative estimate of drug-likeness (QED) is 0.468. The molecule has 1 aromatic rings. The van der Waals surface area contributed by atoms with Crippen LogP contribution in [0.1, 0.15) is 50.5 Å². The van der Waals surface area contributed by atoms with Crippen molar-refractivity contribution in [1.82, 2.24) is 0 Å². The van der Waals surface area contributed by atoms with Crippen LogP contribution in [0.5, 0.6) is 0 Å². The van der Waals surface area contributed by atoms with Crippen molar-refractivity contribution in [2.75, 3.05) is 18.6 Å². The van der Waals surface area contributed by atoms with Crippen molar-refractivity contribution in [3.8, 4) is 0 Å². The van der Waals surface area contributed by atoms with Gasteiger partial charge in [-0.2, -0.15) is 0 Å². The molecule has 0 atom stereocenters. The van der Waals surface area contributed by atoms with Crippen molar-refractivity contribution in [2.45, 2.75) is 45.8 Å². The number of nitrogen functional groups attached to an aromatic ring is 1. The molecule has 0 bridgehead atoms. The summed E-state index contributed by atoms with van der Waals surface area (Å²) >= 11 is 1.18. The molecule has 8 heteroatoms. The Labute approximate surface area is 164 Å². The van der Waals surface area contributed by atoms with Gasteiger partial charge < -0.3 is 19.8 Å². The topological polar surface area (TPSA) is 87.9 Å². The Morgan fingerprint density at radius 1 is 1.22 bits per heavy atom. The third-order valence-corrected chi connectivity index (χ3v) is 5.73. The number of hydrogen-bond acceptors (Lipinski definition) is 7. The van der Waals surface area contributed by atoms with Crippen molar-refractivity contribution >= 4 is 41.7 Å². The molecule has 1 fully saturated rings. The first-order chi connectivity index (χ1) is 12.5. The molecule has 6 nitrogen and oxygen atoms in total. The van der Waals surface area contributed by atoms with E-state index in [0.29, 0.717) is 17.0 Å². The van der Waals surface area contributed by atoms with E-state index in [0.717, 1.165) is 11.0 Å². The van der Waals surface area contributed by atoms with Crippen LogP contribution in [0, 0.1) is 0 Å². The fourth-order valence-electron chi connectivity index (χ4n) is 2.51. The van der Waals surface area contributed by atoms with Gasteiger partial charge in [0.05, 0.1) is 23.9 Å². The van der Waals surface area contributed by atoms with Crippen LogP contribution in [-0.4, -0.2) is 42.3 Å². The smallest absolute Gasteiger partial charge is 0.465 e. The molecular weight excluding hydrogens is 365 g/mol. The van der Waals surface area contributed by atoms with Crippen LogP contribution in [-0.2, 0) is 18.8 Å². The van der Waals surface area contributed by atoms with Crippen molar-refractivity contribution in [2.24, 2.45) is 0 Å². The van der Waals surface area contributed by atoms with E-state index in [1.165, 1.54) is 25.8 Å². The summed E-state index contributed by atoms with van der Waals surface area (Å²) in [5.41, 5.74) is 7.46. The number of carbonyl (C=O) groups is 2. The minimum Gasteiger partial charge on any atom is -0.465 e. The van der Waals surface area contributed by atoms with Crippen LogP contribution in [0.2, 0.25) is 0 Å². The summed E-state index contributed by atoms with van der Waals surface area (Å²) in [7, 11) is 0.739. The van der Waals surface area contributed by atoms with Crippen LogP contribution in [0.3, 0.4) is 0 Å². The second-order valence-electron chi connectivity index (χ2n) is 7.42. The molecule has 27 heavy (non-hydrogen) atoms. The zero-order valence-electron chi connectivity index (χ0n) is 16.6. The maximum Gasteiger partial charge on any atom is 0.491 e. The van der Waals surface area contributed by atoms with Gasteiger partial charge >= 0.3 is 13.1 Å². The molecule has 1 heterocycles. The summed E-state index contributed by atoms with van der Waals surface area (Å²) < 4.78 is 17.0. The van der Waals surface area contributed by atoms with E-state index in [9.17, 15) is 9.59 Å². The standard InChI is InChI=1S/C19H26BNO5S/c1-12(22)27-11-15(20-25-18(2,3)19(4,5)26-20)9-13-7-8-14(10-16(13)21)17(23)24-6/h7-10H,11,21H2,1-6H3. The monoisotopic (exact) mass is 391 g/mol. The van der Waals surface area contributed by atoms with Crippen LogP contribution < -0.4 is 5.73 Å². The van der Waals surface area contributed by atoms with Crippen molar-refractivity contribution in [1.29, 1.82) is 0 Å². The lowest BCUT2D eigenvalue weighted by Crippen LogP contribution is -2.41. The highest BCUT2D eigenvalue weighted by atomic mass is 32.2. The number of carbonyl (C=O) groups excluding carboxylic acids is 2. The lowest BCUT2D eigenvalue weighted by Gasteiger charge is -2.32. The molecule has 1 aliphatic heterocycles. The molecule has 1 aromatic carbocycles. The lowest BCUT2D eigenvalue weighted by molar-refractivity contribution is -0.109. The van der Waals surface area contributed by atoms with E-state index in [1.807, 2.05) is 33.8 Å². The molecule has 0 saturated carbocycles. The average molecular weight is 391 g/mol. The molecule has 0 radical (unpaired) electrons. The molecule has 0 unspecified atom stereocenters. The molecule has 146 valence electrons. The van der Waals surface area contributed by atoms with Gasteiger partial charge in [-0.25, -0.2) is 4.79 Å². The summed E-state index contributed by atoms with van der Waals surface area (Å²) in [6, 6.07) is 4.96. The normalized spacial score (nSPS) is 18.4. The number of benzene rings is 1. The van der Waals surface area contributed by atoms with Crippen LogP contribution in [0.4, 0.5) is 5.69 Å². The maximum atomic E-state index is 11.7. The molecule has 2 N–H and O–H groups in total. The van der Waals surface area contributed by atoms with E-state index < -0.39 is 24.3 Å². The summed E-state index contributed by atoms with van der Waals surface area (Å²) in [5.74, 6) is -0.0276. The summed E-state index contributed by atoms with van der Waals surface area (Å²) in [6.07, 6.45) is 1.86. The first kappa shape index (κ1) is 21.5. The minimum absolute atomic E-state index is 0.00595. The summed E-state index contributed by atoms with van der Waals surface area (Å²) in [6.45, 7) is 9.42. The minimum atomic E-state index is -0.582. The Kier molecular flexibility index (Phi) is 6.45. The van der Waals surface area contributed by atoms with Crippen molar-refractivity contribution in [3.05, 3.63) is 34.8 Å². The number of methoxy groups -OCH3 is 1. The molecule has 0 amide bonds. The summed E-state index contributed by atoms with van der Waals surface area (Å²) in [4.78, 5) is 23.1. The fraction of sp³-hybridized carbons (Fsp3) is 0.474. The zero-order valence-corrected chi connectivity index (χ0v) is 17.4. The van der Waals surface area contributed by atoms with Gasteiger partial charge in [-0.3, -0.25) is 4.79 Å². The van der Waals surface area contributed by atoms with Crippen molar-refractivity contribution < 1.29 is 23.6 Å². The third kappa shape index (κ3) is 4.94. The van der Waals surface area contributed by atoms with Crippen LogP contribution >= 0.6 is 11.8 Å². The van der Waals surface area contributed by atoms with Gasteiger partial charge in [-0.1, -0.05) is 23.9 Å². The van der Waals surface area contributed by atoms with Gasteiger partial charge in [0.25, 0.3) is 0 Å². The SMILES string of the molecule is COC(=O)c1ccc(C=C(CSC(C)=O)B2OC(C)(C)C(C)(C)O2)c(N)c1. The first-order valence-electron chi connectivity index (χ1n) is 8.64. The highest BCUT2D eigenvalue weighted by molar-refractivity contribution is 8.13. The fourth-order valence-corrected chi connectivity index (χ4v) is 3.10. The van der Waals surface area contributed by atoms with Gasteiger partial charge in [0, 0.05) is 18.4 Å². The number of esters is 1. The molecule has 1 saturated heterocycles. The van der Waals surface area contributed by atoms with Crippen LogP contribution in [0.25, 0.3) is 6.08 Å². The molecule has 0 aliphatic carbocycles. The number of ether oxygens (including phenoxy) is 1. The van der Waals surface area contributed by atoms with E-state index >= 15 is 0 Å². The lowest BCUT2D eigenvalue weighted by atomic mass is 9.78. The van der Waals surface area contributed by atoms with Gasteiger partial charge in [0.15, 0.2) is 5.12 Å². The summed E-state index contributed by atoms with van der Waals surface area (Å²) in [5, 5.41) is 0.00595. The predicted molar refractivity (Wildman–Crippen MR) is 109 cm³/mol. The molecular formula is C19H26BNO5S. The Morgan fingerprint density at radius 3 is 2.30 bits per heavy atom. The van der Waals surface area contributed by atoms with Gasteiger partial charge in [-0.05, 0) is 50.9 Å². The average Bonchev–Trinajstić information content (AvgIpc) is 2.79. The van der Waals surface area contributed by atoms with E-state index in [2.05, 4.69) is 0 Å². The highest BCUT2D eigenvalue weighted by Crippen LogP contribution is 2.39. The Hall–Kier alpha value is -1.77. The number of thioether (sulfide) groups is 1. The largest absolute Gasteiger partial charge is 0.491 e. The molecule has 1 aliphatic rings. The second kappa shape index (κ2) is 8.08. The maximum absolute atomic E-state index is 11.7. The molecule has 0 aromatic heterocycles. The third-order valence-electron chi connectivity index (χ3n) is 4.85. The highest BCUT2D eigenvalue weighted by Gasteiger charge is 2.52. The number of rotatable bonds is 5. The Morgan fingerprint density at radius 2 is 1.81 bits per heavy atom. The molecule has 2 rings (SSSR count). The first-order valence-corrected chi connectivity index (χ1v) is 9.62. The Balaban J connectivity index is 2.37. The van der Waals surface area contributed by atoms with E-state index in [-0.39, 0.29) is 5.12 Å². The number of anilines is 1. The number of nitrogens with two attached hydrogens (primary N) is 1. The second-order valence-corrected chi connectivity index (χ2v) is 8.58. The van der Waals surface area contributed by atoms with Gasteiger partial charge in [0.2, 0.25) is 0 Å². The van der Waals surface area contributed by atoms with Gasteiger partial charge in [0.1, 0.15) is 0 Å². The van der Waals surface area contributed by atoms with E-state index in [4.69, 9.17) is 19.8 Å². The zero-order chi connectivity index (χ0) is 20.4. The van der Waals surface area contributed by atoms with E-state index in [1.54, 1.807) is 18.2 Å². The molecule has 0 spiro atoms. The van der Waals surface area contributed by atoms with Crippen molar-refractivity contribution in [3.63, 3.8) is 0 Å². The Bertz CT molecular complexity index is 759.